The number of benzene rings is 1. The molecule has 0 atom stereocenters. The van der Waals surface area contributed by atoms with Crippen molar-refractivity contribution in [2.75, 3.05) is 5.73 Å². The van der Waals surface area contributed by atoms with Crippen molar-refractivity contribution < 1.29 is 9.13 Å². The van der Waals surface area contributed by atoms with Crippen molar-refractivity contribution in [1.29, 1.82) is 0 Å². The van der Waals surface area contributed by atoms with Gasteiger partial charge in [-0.2, -0.15) is 0 Å². The summed E-state index contributed by atoms with van der Waals surface area (Å²) in [4.78, 5) is 9.21. The minimum absolute atomic E-state index is 0.00130. The molecule has 1 aromatic carbocycles. The van der Waals surface area contributed by atoms with Gasteiger partial charge in [-0.25, -0.2) is 14.4 Å². The predicted molar refractivity (Wildman–Crippen MR) is 77.6 cm³/mol. The molecule has 0 saturated heterocycles. The van der Waals surface area contributed by atoms with Crippen LogP contribution in [0.1, 0.15) is 5.82 Å². The standard InChI is InChI=1S/C13H9ClFN3OS/c14-8-2-1-3-9(15)11(8)19-6-10-17-12(16)7-4-5-20-13(7)18-10/h1-5H,6H2,(H2,16,17,18). The smallest absolute Gasteiger partial charge is 0.174 e. The van der Waals surface area contributed by atoms with Crippen LogP contribution < -0.4 is 10.5 Å². The van der Waals surface area contributed by atoms with E-state index in [0.29, 0.717) is 11.6 Å². The second-order valence-corrected chi connectivity index (χ2v) is 5.31. The molecule has 0 bridgehead atoms. The molecule has 3 aromatic rings. The largest absolute Gasteiger partial charge is 0.481 e. The van der Waals surface area contributed by atoms with Crippen LogP contribution in [0.3, 0.4) is 0 Å². The van der Waals surface area contributed by atoms with Crippen LogP contribution in [-0.4, -0.2) is 9.97 Å². The highest BCUT2D eigenvalue weighted by atomic mass is 35.5. The molecule has 0 spiro atoms. The number of nitrogen functional groups attached to an aromatic ring is 1. The number of nitrogens with zero attached hydrogens (tertiary/aromatic N) is 2. The maximum atomic E-state index is 13.6. The topological polar surface area (TPSA) is 61.0 Å². The Hall–Kier alpha value is -1.92. The van der Waals surface area contributed by atoms with Gasteiger partial charge in [-0.15, -0.1) is 11.3 Å². The molecule has 2 N–H and O–H groups in total. The Morgan fingerprint density at radius 1 is 1.30 bits per heavy atom. The molecule has 0 aliphatic heterocycles. The van der Waals surface area contributed by atoms with Crippen molar-refractivity contribution in [1.82, 2.24) is 9.97 Å². The molecule has 0 radical (unpaired) electrons. The van der Waals surface area contributed by atoms with E-state index in [4.69, 9.17) is 22.1 Å². The first kappa shape index (κ1) is 13.1. The molecule has 20 heavy (non-hydrogen) atoms. The second kappa shape index (κ2) is 5.22. The zero-order chi connectivity index (χ0) is 14.1. The van der Waals surface area contributed by atoms with Gasteiger partial charge in [-0.3, -0.25) is 0 Å². The lowest BCUT2D eigenvalue weighted by molar-refractivity contribution is 0.282. The highest BCUT2D eigenvalue weighted by Gasteiger charge is 2.11. The molecule has 0 aliphatic rings. The molecule has 102 valence electrons. The van der Waals surface area contributed by atoms with Crippen LogP contribution in [0.4, 0.5) is 10.2 Å². The van der Waals surface area contributed by atoms with Gasteiger partial charge in [0, 0.05) is 0 Å². The van der Waals surface area contributed by atoms with Crippen LogP contribution in [0, 0.1) is 5.82 Å². The number of halogens is 2. The first-order chi connectivity index (χ1) is 9.65. The van der Waals surface area contributed by atoms with E-state index in [-0.39, 0.29) is 17.4 Å². The van der Waals surface area contributed by atoms with E-state index < -0.39 is 5.82 Å². The summed E-state index contributed by atoms with van der Waals surface area (Å²) in [5.41, 5.74) is 5.83. The van der Waals surface area contributed by atoms with Crippen molar-refractivity contribution in [2.45, 2.75) is 6.61 Å². The van der Waals surface area contributed by atoms with Crippen LogP contribution in [0.5, 0.6) is 5.75 Å². The highest BCUT2D eigenvalue weighted by Crippen LogP contribution is 2.28. The van der Waals surface area contributed by atoms with Gasteiger partial charge in [0.05, 0.1) is 10.4 Å². The quantitative estimate of drug-likeness (QED) is 0.802. The third-order valence-electron chi connectivity index (χ3n) is 2.67. The number of aromatic nitrogens is 2. The molecule has 2 aromatic heterocycles. The molecule has 4 nitrogen and oxygen atoms in total. The van der Waals surface area contributed by atoms with Crippen molar-refractivity contribution in [3.05, 3.63) is 46.3 Å². The summed E-state index contributed by atoms with van der Waals surface area (Å²) in [6.07, 6.45) is 0. The summed E-state index contributed by atoms with van der Waals surface area (Å²) in [7, 11) is 0. The van der Waals surface area contributed by atoms with Gasteiger partial charge in [0.1, 0.15) is 17.3 Å². The van der Waals surface area contributed by atoms with Crippen molar-refractivity contribution in [2.24, 2.45) is 0 Å². The molecular weight excluding hydrogens is 301 g/mol. The lowest BCUT2D eigenvalue weighted by atomic mass is 10.3. The highest BCUT2D eigenvalue weighted by molar-refractivity contribution is 7.16. The first-order valence-corrected chi connectivity index (χ1v) is 6.97. The third kappa shape index (κ3) is 2.39. The molecule has 0 amide bonds. The molecule has 0 fully saturated rings. The van der Waals surface area contributed by atoms with Gasteiger partial charge >= 0.3 is 0 Å². The van der Waals surface area contributed by atoms with E-state index in [1.54, 1.807) is 6.07 Å². The Morgan fingerprint density at radius 3 is 2.95 bits per heavy atom. The number of thiophene rings is 1. The number of fused-ring (bicyclic) bond motifs is 1. The summed E-state index contributed by atoms with van der Waals surface area (Å²) in [6.45, 7) is -0.00130. The predicted octanol–water partition coefficient (Wildman–Crippen LogP) is 3.65. The minimum Gasteiger partial charge on any atom is -0.481 e. The van der Waals surface area contributed by atoms with Crippen LogP contribution in [0.25, 0.3) is 10.2 Å². The zero-order valence-electron chi connectivity index (χ0n) is 10.1. The van der Waals surface area contributed by atoms with Gasteiger partial charge in [0.15, 0.2) is 17.4 Å². The Balaban J connectivity index is 1.87. The number of para-hydroxylation sites is 1. The molecule has 0 saturated carbocycles. The number of rotatable bonds is 3. The monoisotopic (exact) mass is 309 g/mol. The maximum absolute atomic E-state index is 13.6. The van der Waals surface area contributed by atoms with Crippen molar-refractivity contribution >= 4 is 39.0 Å². The van der Waals surface area contributed by atoms with Crippen LogP contribution in [0.2, 0.25) is 5.02 Å². The van der Waals surface area contributed by atoms with E-state index in [1.165, 1.54) is 23.5 Å². The van der Waals surface area contributed by atoms with Gasteiger partial charge < -0.3 is 10.5 Å². The van der Waals surface area contributed by atoms with E-state index >= 15 is 0 Å². The summed E-state index contributed by atoms with van der Waals surface area (Å²) >= 11 is 7.33. The summed E-state index contributed by atoms with van der Waals surface area (Å²) in [5.74, 6) is 0.233. The molecule has 7 heteroatoms. The Bertz CT molecular complexity index is 757. The Kier molecular flexibility index (Phi) is 3.42. The van der Waals surface area contributed by atoms with Gasteiger partial charge in [-0.05, 0) is 23.6 Å². The number of anilines is 1. The first-order valence-electron chi connectivity index (χ1n) is 5.71. The lowest BCUT2D eigenvalue weighted by Crippen LogP contribution is -2.05. The van der Waals surface area contributed by atoms with Gasteiger partial charge in [-0.1, -0.05) is 17.7 Å². The van der Waals surface area contributed by atoms with Gasteiger partial charge in [0.25, 0.3) is 0 Å². The fourth-order valence-corrected chi connectivity index (χ4v) is 2.75. The molecule has 0 aliphatic carbocycles. The second-order valence-electron chi connectivity index (χ2n) is 4.00. The van der Waals surface area contributed by atoms with E-state index in [0.717, 1.165) is 10.2 Å². The third-order valence-corrected chi connectivity index (χ3v) is 3.77. The minimum atomic E-state index is -0.525. The number of nitrogens with two attached hydrogens (primary N) is 1. The zero-order valence-corrected chi connectivity index (χ0v) is 11.7. The molecule has 0 unspecified atom stereocenters. The summed E-state index contributed by atoms with van der Waals surface area (Å²) < 4.78 is 18.9. The fourth-order valence-electron chi connectivity index (χ4n) is 1.75. The Morgan fingerprint density at radius 2 is 2.15 bits per heavy atom. The van der Waals surface area contributed by atoms with Crippen LogP contribution in [0.15, 0.2) is 29.6 Å². The van der Waals surface area contributed by atoms with E-state index in [1.807, 2.05) is 11.4 Å². The van der Waals surface area contributed by atoms with Crippen LogP contribution in [-0.2, 0) is 6.61 Å². The van der Waals surface area contributed by atoms with E-state index in [2.05, 4.69) is 9.97 Å². The van der Waals surface area contributed by atoms with Crippen molar-refractivity contribution in [3.63, 3.8) is 0 Å². The molecule has 2 heterocycles. The molecule has 3 rings (SSSR count). The van der Waals surface area contributed by atoms with Crippen molar-refractivity contribution in [3.8, 4) is 5.75 Å². The Labute approximate surface area is 123 Å². The number of ether oxygens (including phenoxy) is 1. The molecular formula is C13H9ClFN3OS. The van der Waals surface area contributed by atoms with Crippen LogP contribution >= 0.6 is 22.9 Å². The fraction of sp³-hybridized carbons (Fsp3) is 0.0769. The van der Waals surface area contributed by atoms with Gasteiger partial charge in [0.2, 0.25) is 0 Å². The average molecular weight is 310 g/mol. The lowest BCUT2D eigenvalue weighted by Gasteiger charge is -2.08. The average Bonchev–Trinajstić information content (AvgIpc) is 2.87. The maximum Gasteiger partial charge on any atom is 0.174 e. The SMILES string of the molecule is Nc1nc(COc2c(F)cccc2Cl)nc2sccc12. The summed E-state index contributed by atoms with van der Waals surface area (Å²) in [5, 5.41) is 2.89. The number of hydrogen-bond acceptors (Lipinski definition) is 5. The van der Waals surface area contributed by atoms with E-state index in [9.17, 15) is 4.39 Å². The summed E-state index contributed by atoms with van der Waals surface area (Å²) in [6, 6.07) is 6.20. The normalized spacial score (nSPS) is 10.9. The number of hydrogen-bond donors (Lipinski definition) is 1.